The molecular weight excluding hydrogens is 578 g/mol. The molecule has 7 rings (SSSR count). The number of halogens is 1. The number of benzene rings is 5. The van der Waals surface area contributed by atoms with Crippen molar-refractivity contribution in [1.82, 2.24) is 0 Å². The molecule has 2 aliphatic rings. The average molecular weight is 606 g/mol. The maximum atomic E-state index is 10.4. The van der Waals surface area contributed by atoms with E-state index in [2.05, 4.69) is 58.7 Å². The quantitative estimate of drug-likeness (QED) is 0.208. The maximum Gasteiger partial charge on any atom is 0.160 e. The third-order valence-corrected chi connectivity index (χ3v) is 8.96. The summed E-state index contributed by atoms with van der Waals surface area (Å²) in [6.45, 7) is 0.481. The highest BCUT2D eigenvalue weighted by atomic mass is 35.5. The second-order valence-corrected chi connectivity index (χ2v) is 11.8. The van der Waals surface area contributed by atoms with E-state index in [1.165, 1.54) is 0 Å². The van der Waals surface area contributed by atoms with E-state index in [4.69, 9.17) is 26.1 Å². The summed E-state index contributed by atoms with van der Waals surface area (Å²) in [6.07, 6.45) is -0.488. The lowest BCUT2D eigenvalue weighted by Crippen LogP contribution is -2.41. The van der Waals surface area contributed by atoms with Crippen LogP contribution in [-0.4, -0.2) is 24.6 Å². The van der Waals surface area contributed by atoms with Crippen LogP contribution in [0.25, 0.3) is 0 Å². The summed E-state index contributed by atoms with van der Waals surface area (Å²) >= 11 is 8.11. The van der Waals surface area contributed by atoms with Crippen molar-refractivity contribution in [2.24, 2.45) is 10.9 Å². The molecule has 2 unspecified atom stereocenters. The zero-order valence-electron chi connectivity index (χ0n) is 23.3. The first-order chi connectivity index (χ1) is 21.1. The van der Waals surface area contributed by atoms with Gasteiger partial charge in [0.1, 0.15) is 23.4 Å². The highest BCUT2D eigenvalue weighted by Crippen LogP contribution is 2.51. The molecule has 2 heterocycles. The van der Waals surface area contributed by atoms with E-state index in [0.717, 1.165) is 43.9 Å². The number of methoxy groups -OCH3 is 1. The van der Waals surface area contributed by atoms with Crippen molar-refractivity contribution in [2.75, 3.05) is 23.9 Å². The average Bonchev–Trinajstić information content (AvgIpc) is 3.19. The van der Waals surface area contributed by atoms with Crippen LogP contribution in [0.1, 0.15) is 11.7 Å². The Morgan fingerprint density at radius 1 is 0.884 bits per heavy atom. The normalized spacial score (nSPS) is 17.0. The molecule has 2 atom stereocenters. The third-order valence-electron chi connectivity index (χ3n) is 7.60. The number of ether oxygens (including phenoxy) is 2. The molecule has 0 fully saturated rings. The van der Waals surface area contributed by atoms with Crippen LogP contribution in [0.4, 0.5) is 22.7 Å². The smallest absolute Gasteiger partial charge is 0.160 e. The molecule has 0 saturated heterocycles. The number of hydrogen-bond donors (Lipinski definition) is 2. The van der Waals surface area contributed by atoms with Gasteiger partial charge in [0.05, 0.1) is 24.4 Å². The van der Waals surface area contributed by atoms with E-state index < -0.39 is 6.10 Å². The van der Waals surface area contributed by atoms with E-state index in [1.54, 1.807) is 24.9 Å². The van der Waals surface area contributed by atoms with E-state index in [-0.39, 0.29) is 11.7 Å². The number of nitrogens with one attached hydrogen (secondary N) is 1. The maximum absolute atomic E-state index is 10.4. The number of fused-ring (bicyclic) bond motifs is 3. The van der Waals surface area contributed by atoms with Crippen molar-refractivity contribution < 1.29 is 14.6 Å². The standard InChI is InChI=1S/C35H28ClN3O3S/c1-41-31-19-22(17-18-29(31)40)34-25(21-37-24-10-8-9-23(36)20-24)35(38-26-11-2-5-14-30(26)42-34)39-27-12-3-6-15-32(27)43-33-16-7-4-13-28(33)39/h2-20,25,34,37,40H,21H2,1H3. The number of phenolic OH excluding ortho intramolecular Hbond substituents is 1. The molecule has 5 aromatic rings. The highest BCUT2D eigenvalue weighted by Gasteiger charge is 2.39. The summed E-state index contributed by atoms with van der Waals surface area (Å²) in [5.74, 6) is 1.65. The monoisotopic (exact) mass is 605 g/mol. The molecule has 0 radical (unpaired) electrons. The SMILES string of the molecule is COc1cc(C2Oc3ccccc3N=C(N3c4ccccc4Sc4ccccc43)C2CNc2cccc(Cl)c2)ccc1O. The van der Waals surface area contributed by atoms with Gasteiger partial charge in [0.25, 0.3) is 0 Å². The molecule has 0 spiro atoms. The predicted molar refractivity (Wildman–Crippen MR) is 174 cm³/mol. The minimum atomic E-state index is -0.488. The minimum absolute atomic E-state index is 0.0682. The van der Waals surface area contributed by atoms with Gasteiger partial charge in [-0.25, -0.2) is 4.99 Å². The van der Waals surface area contributed by atoms with Gasteiger partial charge in [-0.2, -0.15) is 0 Å². The lowest BCUT2D eigenvalue weighted by atomic mass is 9.92. The van der Waals surface area contributed by atoms with Gasteiger partial charge in [-0.05, 0) is 72.3 Å². The lowest BCUT2D eigenvalue weighted by molar-refractivity contribution is 0.174. The second kappa shape index (κ2) is 11.6. The summed E-state index contributed by atoms with van der Waals surface area (Å²) in [7, 11) is 1.55. The third kappa shape index (κ3) is 5.26. The van der Waals surface area contributed by atoms with E-state index in [1.807, 2.05) is 60.7 Å². The van der Waals surface area contributed by atoms with Crippen molar-refractivity contribution in [1.29, 1.82) is 0 Å². The Kier molecular flexibility index (Phi) is 7.35. The number of aliphatic imine (C=N–C) groups is 1. The number of amidine groups is 1. The number of nitrogens with zero attached hydrogens (tertiary/aromatic N) is 2. The van der Waals surface area contributed by atoms with Gasteiger partial charge in [-0.15, -0.1) is 0 Å². The molecule has 0 amide bonds. The Balaban J connectivity index is 1.44. The molecule has 2 N–H and O–H groups in total. The number of phenols is 1. The van der Waals surface area contributed by atoms with Crippen LogP contribution in [-0.2, 0) is 0 Å². The van der Waals surface area contributed by atoms with E-state index >= 15 is 0 Å². The number of anilines is 3. The van der Waals surface area contributed by atoms with Crippen LogP contribution < -0.4 is 19.7 Å². The topological polar surface area (TPSA) is 66.3 Å². The zero-order chi connectivity index (χ0) is 29.3. The van der Waals surface area contributed by atoms with Crippen LogP contribution in [0.5, 0.6) is 17.2 Å². The van der Waals surface area contributed by atoms with Crippen LogP contribution in [0.2, 0.25) is 5.02 Å². The molecular formula is C35H28ClN3O3S. The first kappa shape index (κ1) is 27.3. The summed E-state index contributed by atoms with van der Waals surface area (Å²) in [4.78, 5) is 9.93. The van der Waals surface area contributed by atoms with Crippen LogP contribution in [0.15, 0.2) is 130 Å². The van der Waals surface area contributed by atoms with Crippen LogP contribution in [0, 0.1) is 5.92 Å². The first-order valence-corrected chi connectivity index (χ1v) is 15.1. The summed E-state index contributed by atoms with van der Waals surface area (Å²) in [6, 6.07) is 37.7. The fourth-order valence-corrected chi connectivity index (χ4v) is 6.82. The highest BCUT2D eigenvalue weighted by molar-refractivity contribution is 7.99. The van der Waals surface area contributed by atoms with Crippen molar-refractivity contribution in [3.8, 4) is 17.2 Å². The number of rotatable bonds is 5. The van der Waals surface area contributed by atoms with Crippen LogP contribution in [0.3, 0.4) is 0 Å². The molecule has 6 nitrogen and oxygen atoms in total. The Bertz CT molecular complexity index is 1800. The van der Waals surface area contributed by atoms with Gasteiger partial charge >= 0.3 is 0 Å². The molecule has 8 heteroatoms. The number of para-hydroxylation sites is 4. The van der Waals surface area contributed by atoms with Crippen molar-refractivity contribution in [3.05, 3.63) is 126 Å². The van der Waals surface area contributed by atoms with Gasteiger partial charge in [0.2, 0.25) is 0 Å². The predicted octanol–water partition coefficient (Wildman–Crippen LogP) is 9.25. The Morgan fingerprint density at radius 2 is 1.60 bits per heavy atom. The first-order valence-electron chi connectivity index (χ1n) is 14.0. The minimum Gasteiger partial charge on any atom is -0.504 e. The van der Waals surface area contributed by atoms with Gasteiger partial charge in [-0.3, -0.25) is 4.90 Å². The Labute approximate surface area is 259 Å². The summed E-state index contributed by atoms with van der Waals surface area (Å²) in [5, 5.41) is 14.7. The molecule has 0 aliphatic carbocycles. The van der Waals surface area contributed by atoms with Crippen molar-refractivity contribution >= 4 is 51.9 Å². The molecule has 0 saturated carbocycles. The summed E-state index contributed by atoms with van der Waals surface area (Å²) < 4.78 is 12.4. The molecule has 0 aromatic heterocycles. The second-order valence-electron chi connectivity index (χ2n) is 10.3. The molecule has 5 aromatic carbocycles. The van der Waals surface area contributed by atoms with E-state index in [0.29, 0.717) is 23.1 Å². The Hall–Kier alpha value is -4.59. The molecule has 2 aliphatic heterocycles. The molecule has 43 heavy (non-hydrogen) atoms. The number of hydrogen-bond acceptors (Lipinski definition) is 7. The summed E-state index contributed by atoms with van der Waals surface area (Å²) in [5.41, 5.74) is 4.60. The number of aromatic hydroxyl groups is 1. The molecule has 0 bridgehead atoms. The van der Waals surface area contributed by atoms with E-state index in [9.17, 15) is 5.11 Å². The zero-order valence-corrected chi connectivity index (χ0v) is 24.8. The largest absolute Gasteiger partial charge is 0.504 e. The Morgan fingerprint density at radius 3 is 2.35 bits per heavy atom. The van der Waals surface area contributed by atoms with Gasteiger partial charge < -0.3 is 19.9 Å². The fraction of sp³-hybridized carbons (Fsp3) is 0.114. The molecule has 214 valence electrons. The van der Waals surface area contributed by atoms with Gasteiger partial charge in [0.15, 0.2) is 11.5 Å². The van der Waals surface area contributed by atoms with Crippen LogP contribution >= 0.6 is 23.4 Å². The van der Waals surface area contributed by atoms with Crippen molar-refractivity contribution in [2.45, 2.75) is 15.9 Å². The van der Waals surface area contributed by atoms with Gasteiger partial charge in [-0.1, -0.05) is 71.9 Å². The van der Waals surface area contributed by atoms with Crippen molar-refractivity contribution in [3.63, 3.8) is 0 Å². The fourth-order valence-electron chi connectivity index (χ4n) is 5.57. The van der Waals surface area contributed by atoms with Gasteiger partial charge in [0, 0.05) is 27.0 Å². The lowest BCUT2D eigenvalue weighted by Gasteiger charge is -2.38.